The summed E-state index contributed by atoms with van der Waals surface area (Å²) in [4.78, 5) is 2.33. The minimum absolute atomic E-state index is 0.108. The molecule has 0 aromatic heterocycles. The van der Waals surface area contributed by atoms with Crippen molar-refractivity contribution in [1.29, 1.82) is 5.26 Å². The normalized spacial score (nSPS) is 16.6. The standard InChI is InChI=1S/C25H25FN2O/c1-28-12-10-25(11-13-28,22-6-8-23(26)9-7-22)18-29-17-21-15-19(16-27)14-20-4-2-3-5-24(20)21/h2-9,14-15H,10-13,17-18H2,1H3. The molecule has 1 saturated heterocycles. The fraction of sp³-hybridized carbons (Fsp3) is 0.320. The van der Waals surface area contributed by atoms with E-state index in [9.17, 15) is 9.65 Å². The topological polar surface area (TPSA) is 36.3 Å². The van der Waals surface area contributed by atoms with Gasteiger partial charge in [-0.25, -0.2) is 4.39 Å². The van der Waals surface area contributed by atoms with Gasteiger partial charge in [0.05, 0.1) is 24.8 Å². The number of nitrogens with zero attached hydrogens (tertiary/aromatic N) is 2. The molecule has 148 valence electrons. The first-order chi connectivity index (χ1) is 14.1. The number of likely N-dealkylation sites (tertiary alicyclic amines) is 1. The van der Waals surface area contributed by atoms with Crippen LogP contribution in [-0.4, -0.2) is 31.6 Å². The van der Waals surface area contributed by atoms with Gasteiger partial charge in [-0.15, -0.1) is 0 Å². The molecule has 0 radical (unpaired) electrons. The summed E-state index contributed by atoms with van der Waals surface area (Å²) in [6.45, 7) is 3.02. The second kappa shape index (κ2) is 8.32. The van der Waals surface area contributed by atoms with E-state index in [0.717, 1.165) is 47.8 Å². The highest BCUT2D eigenvalue weighted by molar-refractivity contribution is 5.87. The molecule has 3 aromatic rings. The zero-order valence-corrected chi connectivity index (χ0v) is 16.7. The summed E-state index contributed by atoms with van der Waals surface area (Å²) in [7, 11) is 2.13. The number of fused-ring (bicyclic) bond motifs is 1. The largest absolute Gasteiger partial charge is 0.376 e. The van der Waals surface area contributed by atoms with Crippen LogP contribution in [0.3, 0.4) is 0 Å². The summed E-state index contributed by atoms with van der Waals surface area (Å²) in [6, 6.07) is 21.0. The Morgan fingerprint density at radius 3 is 2.52 bits per heavy atom. The van der Waals surface area contributed by atoms with Gasteiger partial charge in [-0.3, -0.25) is 0 Å². The fourth-order valence-corrected chi connectivity index (χ4v) is 4.30. The van der Waals surface area contributed by atoms with E-state index in [-0.39, 0.29) is 11.2 Å². The summed E-state index contributed by atoms with van der Waals surface area (Å²) in [5.41, 5.74) is 2.71. The third-order valence-electron chi connectivity index (χ3n) is 6.11. The molecule has 1 aliphatic heterocycles. The Kier molecular flexibility index (Phi) is 5.62. The van der Waals surface area contributed by atoms with Gasteiger partial charge in [0.2, 0.25) is 0 Å². The van der Waals surface area contributed by atoms with E-state index >= 15 is 0 Å². The third kappa shape index (κ3) is 4.17. The molecule has 0 unspecified atom stereocenters. The summed E-state index contributed by atoms with van der Waals surface area (Å²) < 4.78 is 19.7. The number of rotatable bonds is 5. The molecule has 3 nitrogen and oxygen atoms in total. The maximum atomic E-state index is 13.5. The molecular formula is C25H25FN2O. The number of ether oxygens (including phenoxy) is 1. The van der Waals surface area contributed by atoms with Gasteiger partial charge in [0, 0.05) is 5.41 Å². The number of nitriles is 1. The van der Waals surface area contributed by atoms with Crippen molar-refractivity contribution in [3.8, 4) is 6.07 Å². The molecule has 1 fully saturated rings. The van der Waals surface area contributed by atoms with Gasteiger partial charge in [0.25, 0.3) is 0 Å². The first-order valence-corrected chi connectivity index (χ1v) is 10.0. The number of hydrogen-bond acceptors (Lipinski definition) is 3. The van der Waals surface area contributed by atoms with Crippen LogP contribution in [0, 0.1) is 17.1 Å². The van der Waals surface area contributed by atoms with Gasteiger partial charge in [-0.2, -0.15) is 5.26 Å². The lowest BCUT2D eigenvalue weighted by Gasteiger charge is -2.41. The van der Waals surface area contributed by atoms with Gasteiger partial charge < -0.3 is 9.64 Å². The van der Waals surface area contributed by atoms with Crippen LogP contribution in [0.5, 0.6) is 0 Å². The molecule has 4 heteroatoms. The van der Waals surface area contributed by atoms with Gasteiger partial charge in [-0.05, 0) is 79.1 Å². The Morgan fingerprint density at radius 1 is 1.07 bits per heavy atom. The molecule has 0 saturated carbocycles. The highest BCUT2D eigenvalue weighted by Crippen LogP contribution is 2.36. The molecule has 4 rings (SSSR count). The van der Waals surface area contributed by atoms with Crippen LogP contribution in [0.25, 0.3) is 10.8 Å². The van der Waals surface area contributed by atoms with Crippen molar-refractivity contribution < 1.29 is 9.13 Å². The number of piperidine rings is 1. The lowest BCUT2D eigenvalue weighted by Crippen LogP contribution is -2.43. The summed E-state index contributed by atoms with van der Waals surface area (Å²) in [6.07, 6.45) is 1.96. The molecule has 0 aliphatic carbocycles. The van der Waals surface area contributed by atoms with Crippen LogP contribution in [0.4, 0.5) is 4.39 Å². The summed E-state index contributed by atoms with van der Waals surface area (Å²) in [5, 5.41) is 11.5. The highest BCUT2D eigenvalue weighted by Gasteiger charge is 2.35. The Labute approximate surface area is 171 Å². The Hall–Kier alpha value is -2.74. The van der Waals surface area contributed by atoms with E-state index in [1.807, 2.05) is 42.5 Å². The van der Waals surface area contributed by atoms with Crippen LogP contribution in [0.2, 0.25) is 0 Å². The van der Waals surface area contributed by atoms with E-state index in [0.29, 0.717) is 18.8 Å². The Balaban J connectivity index is 1.57. The number of hydrogen-bond donors (Lipinski definition) is 0. The Bertz CT molecular complexity index is 1030. The Morgan fingerprint density at radius 2 is 1.79 bits per heavy atom. The minimum atomic E-state index is -0.211. The van der Waals surface area contributed by atoms with Crippen LogP contribution in [0.1, 0.15) is 29.5 Å². The molecule has 0 N–H and O–H groups in total. The van der Waals surface area contributed by atoms with Crippen LogP contribution in [-0.2, 0) is 16.8 Å². The molecular weight excluding hydrogens is 363 g/mol. The fourth-order valence-electron chi connectivity index (χ4n) is 4.30. The van der Waals surface area contributed by atoms with Crippen molar-refractivity contribution in [2.45, 2.75) is 24.9 Å². The maximum Gasteiger partial charge on any atom is 0.123 e. The van der Waals surface area contributed by atoms with E-state index in [1.54, 1.807) is 12.1 Å². The maximum absolute atomic E-state index is 13.5. The van der Waals surface area contributed by atoms with Crippen molar-refractivity contribution in [1.82, 2.24) is 4.90 Å². The highest BCUT2D eigenvalue weighted by atomic mass is 19.1. The van der Waals surface area contributed by atoms with E-state index in [2.05, 4.69) is 24.1 Å². The SMILES string of the molecule is CN1CCC(COCc2cc(C#N)cc3ccccc23)(c2ccc(F)cc2)CC1. The zero-order chi connectivity index (χ0) is 20.3. The van der Waals surface area contributed by atoms with Crippen molar-refractivity contribution in [3.63, 3.8) is 0 Å². The molecule has 1 aliphatic rings. The smallest absolute Gasteiger partial charge is 0.123 e. The van der Waals surface area contributed by atoms with E-state index in [1.165, 1.54) is 0 Å². The van der Waals surface area contributed by atoms with Gasteiger partial charge in [-0.1, -0.05) is 36.4 Å². The molecule has 29 heavy (non-hydrogen) atoms. The summed E-state index contributed by atoms with van der Waals surface area (Å²) in [5.74, 6) is -0.211. The summed E-state index contributed by atoms with van der Waals surface area (Å²) >= 11 is 0. The molecule has 0 amide bonds. The van der Waals surface area contributed by atoms with Crippen molar-refractivity contribution >= 4 is 10.8 Å². The third-order valence-corrected chi connectivity index (χ3v) is 6.11. The van der Waals surface area contributed by atoms with Crippen molar-refractivity contribution in [2.24, 2.45) is 0 Å². The predicted octanol–water partition coefficient (Wildman–Crippen LogP) is 5.03. The number of benzene rings is 3. The van der Waals surface area contributed by atoms with Gasteiger partial charge in [0.15, 0.2) is 0 Å². The first-order valence-electron chi connectivity index (χ1n) is 10.0. The van der Waals surface area contributed by atoms with Crippen molar-refractivity contribution in [3.05, 3.63) is 83.2 Å². The monoisotopic (exact) mass is 388 g/mol. The second-order valence-corrected chi connectivity index (χ2v) is 8.05. The van der Waals surface area contributed by atoms with E-state index in [4.69, 9.17) is 4.74 Å². The average molecular weight is 388 g/mol. The lowest BCUT2D eigenvalue weighted by atomic mass is 9.73. The van der Waals surface area contributed by atoms with Gasteiger partial charge >= 0.3 is 0 Å². The lowest BCUT2D eigenvalue weighted by molar-refractivity contribution is 0.0412. The van der Waals surface area contributed by atoms with E-state index < -0.39 is 0 Å². The average Bonchev–Trinajstić information content (AvgIpc) is 2.75. The van der Waals surface area contributed by atoms with Crippen LogP contribution >= 0.6 is 0 Å². The first kappa shape index (κ1) is 19.6. The molecule has 0 bridgehead atoms. The molecule has 0 spiro atoms. The van der Waals surface area contributed by atoms with Gasteiger partial charge in [0.1, 0.15) is 5.82 Å². The number of halogens is 1. The second-order valence-electron chi connectivity index (χ2n) is 8.05. The van der Waals surface area contributed by atoms with Crippen LogP contribution in [0.15, 0.2) is 60.7 Å². The molecule has 1 heterocycles. The quantitative estimate of drug-likeness (QED) is 0.615. The predicted molar refractivity (Wildman–Crippen MR) is 113 cm³/mol. The molecule has 0 atom stereocenters. The zero-order valence-electron chi connectivity index (χ0n) is 16.7. The van der Waals surface area contributed by atoms with Crippen LogP contribution < -0.4 is 0 Å². The minimum Gasteiger partial charge on any atom is -0.376 e. The molecule has 3 aromatic carbocycles. The van der Waals surface area contributed by atoms with Crippen molar-refractivity contribution in [2.75, 3.05) is 26.7 Å².